The van der Waals surface area contributed by atoms with Gasteiger partial charge < -0.3 is 14.7 Å². The molecule has 3 heterocycles. The summed E-state index contributed by atoms with van der Waals surface area (Å²) in [5, 5.41) is 7.17. The standard InChI is InChI=1S/C18H31N5O2/c1-13(2)5-8-19-17(24)23-9-6-18(7-10-23)11-15(22(4)12-18)16-20-14(3)25-21-16/h13,15H,5-12H2,1-4H3,(H,19,24). The van der Waals surface area contributed by atoms with Crippen LogP contribution >= 0.6 is 0 Å². The highest BCUT2D eigenvalue weighted by atomic mass is 16.5. The fourth-order valence-corrected chi connectivity index (χ4v) is 4.13. The van der Waals surface area contributed by atoms with Gasteiger partial charge in [-0.3, -0.25) is 4.90 Å². The van der Waals surface area contributed by atoms with Crippen LogP contribution in [0, 0.1) is 18.3 Å². The minimum Gasteiger partial charge on any atom is -0.340 e. The summed E-state index contributed by atoms with van der Waals surface area (Å²) in [4.78, 5) is 21.0. The van der Waals surface area contributed by atoms with Gasteiger partial charge >= 0.3 is 6.03 Å². The van der Waals surface area contributed by atoms with Crippen molar-refractivity contribution in [1.82, 2.24) is 25.3 Å². The second-order valence-electron chi connectivity index (χ2n) is 8.21. The minimum atomic E-state index is 0.0900. The average molecular weight is 349 g/mol. The molecule has 1 spiro atoms. The molecule has 1 aromatic rings. The third-order valence-corrected chi connectivity index (χ3v) is 5.69. The number of carbonyl (C=O) groups excluding carboxylic acids is 1. The first-order valence-corrected chi connectivity index (χ1v) is 9.42. The van der Waals surface area contributed by atoms with E-state index >= 15 is 0 Å². The smallest absolute Gasteiger partial charge is 0.317 e. The van der Waals surface area contributed by atoms with Crippen LogP contribution in [0.25, 0.3) is 0 Å². The van der Waals surface area contributed by atoms with Gasteiger partial charge in [-0.15, -0.1) is 0 Å². The number of aromatic nitrogens is 2. The second-order valence-corrected chi connectivity index (χ2v) is 8.21. The maximum atomic E-state index is 12.3. The molecule has 0 aliphatic carbocycles. The van der Waals surface area contributed by atoms with Crippen molar-refractivity contribution in [3.05, 3.63) is 11.7 Å². The van der Waals surface area contributed by atoms with Crippen LogP contribution in [-0.4, -0.2) is 59.2 Å². The molecule has 1 N–H and O–H groups in total. The van der Waals surface area contributed by atoms with Gasteiger partial charge in [0.25, 0.3) is 0 Å². The number of hydrogen-bond acceptors (Lipinski definition) is 5. The highest BCUT2D eigenvalue weighted by molar-refractivity contribution is 5.74. The summed E-state index contributed by atoms with van der Waals surface area (Å²) in [6.45, 7) is 9.65. The largest absolute Gasteiger partial charge is 0.340 e. The molecule has 0 bridgehead atoms. The Hall–Kier alpha value is -1.63. The number of piperidine rings is 1. The Labute approximate surface area is 150 Å². The number of carbonyl (C=O) groups is 1. The van der Waals surface area contributed by atoms with Crippen molar-refractivity contribution in [1.29, 1.82) is 0 Å². The number of rotatable bonds is 4. The topological polar surface area (TPSA) is 74.5 Å². The Morgan fingerprint density at radius 1 is 1.40 bits per heavy atom. The molecule has 1 atom stereocenters. The number of amides is 2. The fourth-order valence-electron chi connectivity index (χ4n) is 4.13. The van der Waals surface area contributed by atoms with E-state index in [2.05, 4.69) is 41.3 Å². The number of likely N-dealkylation sites (tertiary alicyclic amines) is 2. The van der Waals surface area contributed by atoms with Gasteiger partial charge in [0.2, 0.25) is 5.89 Å². The van der Waals surface area contributed by atoms with E-state index in [9.17, 15) is 4.79 Å². The Morgan fingerprint density at radius 2 is 2.12 bits per heavy atom. The van der Waals surface area contributed by atoms with Crippen LogP contribution in [-0.2, 0) is 0 Å². The van der Waals surface area contributed by atoms with Crippen LogP contribution in [0.4, 0.5) is 4.79 Å². The highest BCUT2D eigenvalue weighted by Crippen LogP contribution is 2.47. The molecule has 1 aromatic heterocycles. The first kappa shape index (κ1) is 18.2. The van der Waals surface area contributed by atoms with Crippen molar-refractivity contribution in [2.75, 3.05) is 33.2 Å². The summed E-state index contributed by atoms with van der Waals surface area (Å²) < 4.78 is 5.15. The summed E-state index contributed by atoms with van der Waals surface area (Å²) in [6.07, 6.45) is 4.16. The van der Waals surface area contributed by atoms with Crippen molar-refractivity contribution in [3.8, 4) is 0 Å². The zero-order chi connectivity index (χ0) is 18.0. The molecule has 3 rings (SSSR count). The lowest BCUT2D eigenvalue weighted by molar-refractivity contribution is 0.122. The molecule has 140 valence electrons. The van der Waals surface area contributed by atoms with Gasteiger partial charge in [-0.25, -0.2) is 4.79 Å². The Morgan fingerprint density at radius 3 is 2.72 bits per heavy atom. The second kappa shape index (κ2) is 7.32. The van der Waals surface area contributed by atoms with Crippen LogP contribution < -0.4 is 5.32 Å². The molecule has 2 aliphatic heterocycles. The molecular weight excluding hydrogens is 318 g/mol. The minimum absolute atomic E-state index is 0.0900. The Balaban J connectivity index is 1.52. The lowest BCUT2D eigenvalue weighted by Crippen LogP contribution is -2.48. The third kappa shape index (κ3) is 4.14. The Kier molecular flexibility index (Phi) is 5.32. The monoisotopic (exact) mass is 349 g/mol. The number of urea groups is 1. The maximum Gasteiger partial charge on any atom is 0.317 e. The van der Waals surface area contributed by atoms with Gasteiger partial charge in [0.1, 0.15) is 0 Å². The molecule has 2 aliphatic rings. The molecule has 7 heteroatoms. The van der Waals surface area contributed by atoms with Gasteiger partial charge in [-0.05, 0) is 44.1 Å². The van der Waals surface area contributed by atoms with Crippen LogP contribution in [0.5, 0.6) is 0 Å². The molecule has 0 radical (unpaired) electrons. The summed E-state index contributed by atoms with van der Waals surface area (Å²) >= 11 is 0. The molecule has 2 fully saturated rings. The summed E-state index contributed by atoms with van der Waals surface area (Å²) in [6, 6.07) is 0.316. The molecule has 25 heavy (non-hydrogen) atoms. The van der Waals surface area contributed by atoms with Crippen LogP contribution in [0.1, 0.15) is 57.3 Å². The molecule has 0 saturated carbocycles. The van der Waals surface area contributed by atoms with E-state index < -0.39 is 0 Å². The van der Waals surface area contributed by atoms with Gasteiger partial charge in [0.15, 0.2) is 5.82 Å². The number of aryl methyl sites for hydroxylation is 1. The van der Waals surface area contributed by atoms with Gasteiger partial charge in [0.05, 0.1) is 6.04 Å². The lowest BCUT2D eigenvalue weighted by Gasteiger charge is -2.39. The normalized spacial score (nSPS) is 23.6. The highest BCUT2D eigenvalue weighted by Gasteiger charge is 2.46. The van der Waals surface area contributed by atoms with Crippen LogP contribution in [0.15, 0.2) is 4.52 Å². The van der Waals surface area contributed by atoms with Crippen molar-refractivity contribution in [2.45, 2.75) is 52.5 Å². The van der Waals surface area contributed by atoms with Crippen molar-refractivity contribution >= 4 is 6.03 Å². The molecule has 7 nitrogen and oxygen atoms in total. The first-order valence-electron chi connectivity index (χ1n) is 9.42. The fraction of sp³-hybridized carbons (Fsp3) is 0.833. The van der Waals surface area contributed by atoms with Crippen LogP contribution in [0.2, 0.25) is 0 Å². The third-order valence-electron chi connectivity index (χ3n) is 5.69. The van der Waals surface area contributed by atoms with Crippen molar-refractivity contribution < 1.29 is 9.32 Å². The van der Waals surface area contributed by atoms with E-state index in [1.165, 1.54) is 0 Å². The molecular formula is C18H31N5O2. The van der Waals surface area contributed by atoms with Gasteiger partial charge in [0, 0.05) is 33.1 Å². The van der Waals surface area contributed by atoms with Gasteiger partial charge in [-0.1, -0.05) is 19.0 Å². The summed E-state index contributed by atoms with van der Waals surface area (Å²) in [5.74, 6) is 2.03. The summed E-state index contributed by atoms with van der Waals surface area (Å²) in [5.41, 5.74) is 0.267. The van der Waals surface area contributed by atoms with E-state index in [1.54, 1.807) is 0 Å². The predicted octanol–water partition coefficient (Wildman–Crippen LogP) is 2.59. The number of hydrogen-bond donors (Lipinski definition) is 1. The van der Waals surface area contributed by atoms with E-state index in [1.807, 2.05) is 11.8 Å². The van der Waals surface area contributed by atoms with Gasteiger partial charge in [-0.2, -0.15) is 4.98 Å². The number of nitrogens with one attached hydrogen (secondary N) is 1. The maximum absolute atomic E-state index is 12.3. The quantitative estimate of drug-likeness (QED) is 0.904. The van der Waals surface area contributed by atoms with E-state index in [-0.39, 0.29) is 17.5 Å². The summed E-state index contributed by atoms with van der Waals surface area (Å²) in [7, 11) is 2.14. The lowest BCUT2D eigenvalue weighted by atomic mass is 9.76. The zero-order valence-corrected chi connectivity index (χ0v) is 15.9. The van der Waals surface area contributed by atoms with Crippen molar-refractivity contribution in [2.24, 2.45) is 11.3 Å². The van der Waals surface area contributed by atoms with E-state index in [4.69, 9.17) is 4.52 Å². The first-order chi connectivity index (χ1) is 11.9. The molecule has 1 unspecified atom stereocenters. The Bertz CT molecular complexity index is 592. The van der Waals surface area contributed by atoms with Crippen molar-refractivity contribution in [3.63, 3.8) is 0 Å². The molecule has 2 saturated heterocycles. The van der Waals surface area contributed by atoms with E-state index in [0.717, 1.165) is 57.7 Å². The van der Waals surface area contributed by atoms with Crippen LogP contribution in [0.3, 0.4) is 0 Å². The predicted molar refractivity (Wildman–Crippen MR) is 95.1 cm³/mol. The zero-order valence-electron chi connectivity index (χ0n) is 15.9. The average Bonchev–Trinajstić information content (AvgIpc) is 3.11. The van der Waals surface area contributed by atoms with E-state index in [0.29, 0.717) is 11.8 Å². The number of nitrogens with zero attached hydrogens (tertiary/aromatic N) is 4. The SMILES string of the molecule is Cc1nc(C2CC3(CCN(C(=O)NCCC(C)C)CC3)CN2C)no1. The molecule has 0 aromatic carbocycles. The molecule has 2 amide bonds.